The standard InChI is InChI=1S/C17H23FO/c1-13-4-5-14(12-15(13)18)17(19)10-8-16(9-11-17)6-2-3-7-16/h4-5,12,19H,2-3,6-11H2,1H3. The molecule has 0 heterocycles. The SMILES string of the molecule is Cc1ccc(C2(O)CCC3(CCCC3)CC2)cc1F. The molecule has 0 atom stereocenters. The molecule has 0 amide bonds. The summed E-state index contributed by atoms with van der Waals surface area (Å²) < 4.78 is 13.7. The third-order valence-corrected chi connectivity index (χ3v) is 5.51. The van der Waals surface area contributed by atoms with Crippen molar-refractivity contribution in [2.45, 2.75) is 63.9 Å². The Morgan fingerprint density at radius 2 is 1.63 bits per heavy atom. The summed E-state index contributed by atoms with van der Waals surface area (Å²) in [6.45, 7) is 1.76. The van der Waals surface area contributed by atoms with Crippen LogP contribution in [0.4, 0.5) is 4.39 Å². The molecular weight excluding hydrogens is 239 g/mol. The molecule has 1 aromatic carbocycles. The summed E-state index contributed by atoms with van der Waals surface area (Å²) in [5.74, 6) is -0.202. The van der Waals surface area contributed by atoms with E-state index in [1.165, 1.54) is 31.7 Å². The van der Waals surface area contributed by atoms with Gasteiger partial charge in [0.25, 0.3) is 0 Å². The lowest BCUT2D eigenvalue weighted by Gasteiger charge is -2.42. The van der Waals surface area contributed by atoms with E-state index in [4.69, 9.17) is 0 Å². The highest BCUT2D eigenvalue weighted by Crippen LogP contribution is 2.53. The van der Waals surface area contributed by atoms with Gasteiger partial charge in [-0.1, -0.05) is 25.0 Å². The predicted octanol–water partition coefficient (Wildman–Crippen LogP) is 4.46. The lowest BCUT2D eigenvalue weighted by Crippen LogP contribution is -2.36. The first-order valence-electron chi connectivity index (χ1n) is 7.52. The summed E-state index contributed by atoms with van der Waals surface area (Å²) in [5, 5.41) is 10.8. The summed E-state index contributed by atoms with van der Waals surface area (Å²) in [5.41, 5.74) is 1.11. The molecule has 0 saturated heterocycles. The molecule has 0 unspecified atom stereocenters. The molecule has 0 aromatic heterocycles. The van der Waals surface area contributed by atoms with Crippen molar-refractivity contribution in [3.8, 4) is 0 Å². The Bertz CT molecular complexity index is 464. The van der Waals surface area contributed by atoms with Gasteiger partial charge in [0.1, 0.15) is 5.82 Å². The second kappa shape index (κ2) is 4.59. The zero-order valence-electron chi connectivity index (χ0n) is 11.7. The first-order valence-corrected chi connectivity index (χ1v) is 7.52. The highest BCUT2D eigenvalue weighted by Gasteiger charge is 2.43. The van der Waals surface area contributed by atoms with E-state index in [2.05, 4.69) is 0 Å². The van der Waals surface area contributed by atoms with Gasteiger partial charge < -0.3 is 5.11 Å². The van der Waals surface area contributed by atoms with Crippen molar-refractivity contribution in [3.63, 3.8) is 0 Å². The van der Waals surface area contributed by atoms with Crippen molar-refractivity contribution >= 4 is 0 Å². The predicted molar refractivity (Wildman–Crippen MR) is 74.4 cm³/mol. The van der Waals surface area contributed by atoms with Gasteiger partial charge in [-0.25, -0.2) is 4.39 Å². The van der Waals surface area contributed by atoms with Crippen molar-refractivity contribution in [3.05, 3.63) is 35.1 Å². The smallest absolute Gasteiger partial charge is 0.126 e. The van der Waals surface area contributed by atoms with Crippen molar-refractivity contribution in [1.29, 1.82) is 0 Å². The molecule has 2 fully saturated rings. The van der Waals surface area contributed by atoms with Crippen LogP contribution < -0.4 is 0 Å². The van der Waals surface area contributed by atoms with Gasteiger partial charge in [0.05, 0.1) is 5.60 Å². The van der Waals surface area contributed by atoms with E-state index in [-0.39, 0.29) is 5.82 Å². The van der Waals surface area contributed by atoms with E-state index in [0.29, 0.717) is 11.0 Å². The van der Waals surface area contributed by atoms with Crippen LogP contribution in [0.2, 0.25) is 0 Å². The third kappa shape index (κ3) is 2.31. The van der Waals surface area contributed by atoms with Gasteiger partial charge in [-0.15, -0.1) is 0 Å². The maximum atomic E-state index is 13.7. The molecule has 2 heteroatoms. The second-order valence-corrected chi connectivity index (χ2v) is 6.70. The number of hydrogen-bond donors (Lipinski definition) is 1. The van der Waals surface area contributed by atoms with Gasteiger partial charge >= 0.3 is 0 Å². The van der Waals surface area contributed by atoms with E-state index in [9.17, 15) is 9.50 Å². The minimum absolute atomic E-state index is 0.202. The van der Waals surface area contributed by atoms with Gasteiger partial charge in [-0.05, 0) is 68.1 Å². The van der Waals surface area contributed by atoms with Crippen LogP contribution in [-0.2, 0) is 5.60 Å². The Hall–Kier alpha value is -0.890. The average molecular weight is 262 g/mol. The zero-order valence-corrected chi connectivity index (χ0v) is 11.7. The Labute approximate surface area is 114 Å². The number of halogens is 1. The van der Waals surface area contributed by atoms with Gasteiger partial charge in [-0.2, -0.15) is 0 Å². The summed E-state index contributed by atoms with van der Waals surface area (Å²) >= 11 is 0. The van der Waals surface area contributed by atoms with Crippen LogP contribution in [0, 0.1) is 18.2 Å². The third-order valence-electron chi connectivity index (χ3n) is 5.51. The molecule has 2 aliphatic rings. The monoisotopic (exact) mass is 262 g/mol. The fraction of sp³-hybridized carbons (Fsp3) is 0.647. The fourth-order valence-electron chi connectivity index (χ4n) is 3.99. The lowest BCUT2D eigenvalue weighted by atomic mass is 9.66. The second-order valence-electron chi connectivity index (χ2n) is 6.70. The summed E-state index contributed by atoms with van der Waals surface area (Å²) in [6, 6.07) is 5.20. The van der Waals surface area contributed by atoms with Crippen molar-refractivity contribution in [1.82, 2.24) is 0 Å². The van der Waals surface area contributed by atoms with E-state index in [1.807, 2.05) is 6.07 Å². The van der Waals surface area contributed by atoms with Crippen LogP contribution in [-0.4, -0.2) is 5.11 Å². The van der Waals surface area contributed by atoms with Crippen molar-refractivity contribution in [2.75, 3.05) is 0 Å². The highest BCUT2D eigenvalue weighted by molar-refractivity contribution is 5.28. The molecule has 1 aromatic rings. The van der Waals surface area contributed by atoms with Gasteiger partial charge in [0, 0.05) is 0 Å². The fourth-order valence-corrected chi connectivity index (χ4v) is 3.99. The van der Waals surface area contributed by atoms with Gasteiger partial charge in [-0.3, -0.25) is 0 Å². The number of aliphatic hydroxyl groups is 1. The maximum absolute atomic E-state index is 13.7. The van der Waals surface area contributed by atoms with Crippen LogP contribution >= 0.6 is 0 Å². The Balaban J connectivity index is 1.79. The minimum Gasteiger partial charge on any atom is -0.385 e. The minimum atomic E-state index is -0.803. The number of hydrogen-bond acceptors (Lipinski definition) is 1. The number of benzene rings is 1. The Morgan fingerprint density at radius 3 is 2.21 bits per heavy atom. The Kier molecular flexibility index (Phi) is 3.17. The first-order chi connectivity index (χ1) is 9.03. The number of rotatable bonds is 1. The van der Waals surface area contributed by atoms with Crippen LogP contribution in [0.15, 0.2) is 18.2 Å². The molecule has 1 nitrogen and oxygen atoms in total. The number of aryl methyl sites for hydroxylation is 1. The maximum Gasteiger partial charge on any atom is 0.126 e. The molecule has 104 valence electrons. The molecular formula is C17H23FO. The van der Waals surface area contributed by atoms with Crippen LogP contribution in [0.25, 0.3) is 0 Å². The van der Waals surface area contributed by atoms with Gasteiger partial charge in [0.2, 0.25) is 0 Å². The molecule has 0 radical (unpaired) electrons. The first kappa shape index (κ1) is 13.1. The van der Waals surface area contributed by atoms with Crippen LogP contribution in [0.1, 0.15) is 62.5 Å². The highest BCUT2D eigenvalue weighted by atomic mass is 19.1. The lowest BCUT2D eigenvalue weighted by molar-refractivity contribution is -0.0378. The van der Waals surface area contributed by atoms with E-state index in [0.717, 1.165) is 31.2 Å². The Morgan fingerprint density at radius 1 is 1.00 bits per heavy atom. The zero-order chi connectivity index (χ0) is 13.5. The van der Waals surface area contributed by atoms with E-state index < -0.39 is 5.60 Å². The molecule has 0 bridgehead atoms. The molecule has 2 aliphatic carbocycles. The average Bonchev–Trinajstić information content (AvgIpc) is 2.86. The summed E-state index contributed by atoms with van der Waals surface area (Å²) in [6.07, 6.45) is 9.11. The molecule has 19 heavy (non-hydrogen) atoms. The molecule has 3 rings (SSSR count). The van der Waals surface area contributed by atoms with Crippen molar-refractivity contribution in [2.24, 2.45) is 5.41 Å². The summed E-state index contributed by atoms with van der Waals surface area (Å²) in [4.78, 5) is 0. The summed E-state index contributed by atoms with van der Waals surface area (Å²) in [7, 11) is 0. The largest absolute Gasteiger partial charge is 0.385 e. The van der Waals surface area contributed by atoms with Crippen molar-refractivity contribution < 1.29 is 9.50 Å². The molecule has 1 spiro atoms. The molecule has 2 saturated carbocycles. The van der Waals surface area contributed by atoms with E-state index >= 15 is 0 Å². The van der Waals surface area contributed by atoms with E-state index in [1.54, 1.807) is 13.0 Å². The topological polar surface area (TPSA) is 20.2 Å². The van der Waals surface area contributed by atoms with Crippen LogP contribution in [0.3, 0.4) is 0 Å². The quantitative estimate of drug-likeness (QED) is 0.792. The van der Waals surface area contributed by atoms with Crippen LogP contribution in [0.5, 0.6) is 0 Å². The normalized spacial score (nSPS) is 24.8. The molecule has 0 aliphatic heterocycles. The molecule has 1 N–H and O–H groups in total. The van der Waals surface area contributed by atoms with Gasteiger partial charge in [0.15, 0.2) is 0 Å².